The molecule has 3 heterocycles. The van der Waals surface area contributed by atoms with Crippen molar-refractivity contribution in [1.82, 2.24) is 19.8 Å². The van der Waals surface area contributed by atoms with Crippen LogP contribution in [0.3, 0.4) is 0 Å². The van der Waals surface area contributed by atoms with Gasteiger partial charge in [0.2, 0.25) is 5.95 Å². The number of allylic oxidation sites excluding steroid dienone is 1. The summed E-state index contributed by atoms with van der Waals surface area (Å²) in [6, 6.07) is 11.8. The standard InChI is InChI=1S/C35H45F4N7/c1-6-25-8-7-9-31(32(25)23(2)3)41-33-29(35(37,38)39)22-40-34(43-33)42-30-11-10-28(21-26(30)20-24(4)36)45-14-12-27(13-15-45)46-18-16-44(5)17-19-46/h7-11,21-22,24,27H,2,6,12-20H2,1,3-5H3,(H2,40,41,42,43). The highest BCUT2D eigenvalue weighted by Gasteiger charge is 2.36. The summed E-state index contributed by atoms with van der Waals surface area (Å²) >= 11 is 0. The van der Waals surface area contributed by atoms with Crippen LogP contribution in [0.2, 0.25) is 0 Å². The number of piperidine rings is 1. The normalized spacial score (nSPS) is 17.6. The molecular weight excluding hydrogens is 594 g/mol. The van der Waals surface area contributed by atoms with Gasteiger partial charge in [-0.25, -0.2) is 9.37 Å². The first-order valence-electron chi connectivity index (χ1n) is 16.1. The largest absolute Gasteiger partial charge is 0.421 e. The predicted molar refractivity (Wildman–Crippen MR) is 179 cm³/mol. The molecule has 2 aliphatic rings. The Morgan fingerprint density at radius 2 is 1.72 bits per heavy atom. The second-order valence-corrected chi connectivity index (χ2v) is 12.6. The van der Waals surface area contributed by atoms with Crippen molar-refractivity contribution in [2.24, 2.45) is 0 Å². The lowest BCUT2D eigenvalue weighted by molar-refractivity contribution is -0.137. The maximum absolute atomic E-state index is 14.4. The number of aromatic nitrogens is 2. The van der Waals surface area contributed by atoms with Crippen molar-refractivity contribution in [3.63, 3.8) is 0 Å². The second kappa shape index (κ2) is 14.4. The Labute approximate surface area is 269 Å². The van der Waals surface area contributed by atoms with Gasteiger partial charge in [0.1, 0.15) is 17.6 Å². The molecule has 46 heavy (non-hydrogen) atoms. The number of anilines is 5. The summed E-state index contributed by atoms with van der Waals surface area (Å²) in [6.45, 7) is 15.6. The molecule has 0 aliphatic carbocycles. The third-order valence-electron chi connectivity index (χ3n) is 9.03. The van der Waals surface area contributed by atoms with Crippen molar-refractivity contribution in [3.05, 3.63) is 71.4 Å². The molecule has 0 spiro atoms. The van der Waals surface area contributed by atoms with Crippen LogP contribution in [0.1, 0.15) is 55.9 Å². The molecule has 3 aromatic rings. The van der Waals surface area contributed by atoms with Crippen molar-refractivity contribution in [2.45, 2.75) is 64.8 Å². The zero-order valence-corrected chi connectivity index (χ0v) is 27.2. The van der Waals surface area contributed by atoms with E-state index in [2.05, 4.69) is 48.9 Å². The van der Waals surface area contributed by atoms with Gasteiger partial charge in [-0.2, -0.15) is 18.2 Å². The highest BCUT2D eigenvalue weighted by molar-refractivity contribution is 5.80. The van der Waals surface area contributed by atoms with E-state index in [-0.39, 0.29) is 18.2 Å². The zero-order valence-electron chi connectivity index (χ0n) is 27.2. The summed E-state index contributed by atoms with van der Waals surface area (Å²) in [5, 5.41) is 6.00. The minimum absolute atomic E-state index is 0.0208. The topological polar surface area (TPSA) is 59.6 Å². The number of benzene rings is 2. The number of piperazine rings is 1. The quantitative estimate of drug-likeness (QED) is 0.221. The molecule has 2 aliphatic heterocycles. The highest BCUT2D eigenvalue weighted by Crippen LogP contribution is 2.38. The summed E-state index contributed by atoms with van der Waals surface area (Å²) in [5.74, 6) is -0.395. The van der Waals surface area contributed by atoms with E-state index in [1.165, 1.54) is 6.92 Å². The van der Waals surface area contributed by atoms with Crippen LogP contribution in [-0.2, 0) is 19.0 Å². The molecule has 2 fully saturated rings. The number of rotatable bonds is 10. The van der Waals surface area contributed by atoms with Gasteiger partial charge in [-0.15, -0.1) is 0 Å². The number of halogens is 4. The van der Waals surface area contributed by atoms with Gasteiger partial charge in [0, 0.05) is 80.6 Å². The maximum Gasteiger partial charge on any atom is 0.421 e. The molecular formula is C35H45F4N7. The highest BCUT2D eigenvalue weighted by atomic mass is 19.4. The van der Waals surface area contributed by atoms with E-state index in [1.807, 2.05) is 38.1 Å². The first-order chi connectivity index (χ1) is 21.9. The minimum Gasteiger partial charge on any atom is -0.371 e. The number of likely N-dealkylation sites (N-methyl/N-ethyl adjacent to an activating group) is 1. The SMILES string of the molecule is C=C(C)c1c(CC)cccc1Nc1nc(Nc2ccc(N3CCC(N4CCN(C)CC4)CC3)cc2CC(C)F)ncc1C(F)(F)F. The number of hydrogen-bond donors (Lipinski definition) is 2. The third-order valence-corrected chi connectivity index (χ3v) is 9.03. The number of aryl methyl sites for hydroxylation is 1. The summed E-state index contributed by atoms with van der Waals surface area (Å²) in [7, 11) is 2.17. The third kappa shape index (κ3) is 7.98. The Bertz CT molecular complexity index is 1510. The molecule has 2 aromatic carbocycles. The van der Waals surface area contributed by atoms with Gasteiger partial charge in [0.05, 0.1) is 0 Å². The minimum atomic E-state index is -4.68. The van der Waals surface area contributed by atoms with Gasteiger partial charge in [0.25, 0.3) is 0 Å². The lowest BCUT2D eigenvalue weighted by Crippen LogP contribution is -2.52. The molecule has 7 nitrogen and oxygen atoms in total. The second-order valence-electron chi connectivity index (χ2n) is 12.6. The molecule has 0 radical (unpaired) electrons. The van der Waals surface area contributed by atoms with Crippen LogP contribution in [0, 0.1) is 0 Å². The fourth-order valence-electron chi connectivity index (χ4n) is 6.54. The Morgan fingerprint density at radius 3 is 2.35 bits per heavy atom. The van der Waals surface area contributed by atoms with Gasteiger partial charge < -0.3 is 20.4 Å². The summed E-state index contributed by atoms with van der Waals surface area (Å²) in [4.78, 5) is 15.6. The Kier molecular flexibility index (Phi) is 10.5. The first kappa shape index (κ1) is 33.7. The van der Waals surface area contributed by atoms with Gasteiger partial charge in [-0.05, 0) is 81.1 Å². The molecule has 0 amide bonds. The molecule has 0 bridgehead atoms. The predicted octanol–water partition coefficient (Wildman–Crippen LogP) is 7.69. The number of nitrogens with one attached hydrogen (secondary N) is 2. The molecule has 1 atom stereocenters. The molecule has 1 unspecified atom stereocenters. The fraction of sp³-hybridized carbons (Fsp3) is 0.486. The van der Waals surface area contributed by atoms with Crippen LogP contribution in [0.15, 0.2) is 49.2 Å². The van der Waals surface area contributed by atoms with Crippen molar-refractivity contribution in [2.75, 3.05) is 61.8 Å². The van der Waals surface area contributed by atoms with Crippen LogP contribution in [0.4, 0.5) is 46.4 Å². The van der Waals surface area contributed by atoms with E-state index in [4.69, 9.17) is 0 Å². The van der Waals surface area contributed by atoms with Crippen LogP contribution >= 0.6 is 0 Å². The lowest BCUT2D eigenvalue weighted by atomic mass is 9.98. The Balaban J connectivity index is 1.38. The van der Waals surface area contributed by atoms with Crippen molar-refractivity contribution in [3.8, 4) is 0 Å². The number of nitrogens with zero attached hydrogens (tertiary/aromatic N) is 5. The lowest BCUT2D eigenvalue weighted by Gasteiger charge is -2.42. The smallest absolute Gasteiger partial charge is 0.371 e. The summed E-state index contributed by atoms with van der Waals surface area (Å²) in [5.41, 5.74) is 4.23. The summed E-state index contributed by atoms with van der Waals surface area (Å²) in [6.07, 6.45) is -2.04. The zero-order chi connectivity index (χ0) is 33.0. The van der Waals surface area contributed by atoms with E-state index >= 15 is 0 Å². The molecule has 2 N–H and O–H groups in total. The maximum atomic E-state index is 14.4. The fourth-order valence-corrected chi connectivity index (χ4v) is 6.54. The van der Waals surface area contributed by atoms with Crippen LogP contribution in [-0.4, -0.2) is 78.3 Å². The van der Waals surface area contributed by atoms with Crippen molar-refractivity contribution in [1.29, 1.82) is 0 Å². The monoisotopic (exact) mass is 639 g/mol. The van der Waals surface area contributed by atoms with Crippen LogP contribution in [0.25, 0.3) is 5.57 Å². The average molecular weight is 640 g/mol. The van der Waals surface area contributed by atoms with Crippen molar-refractivity contribution >= 4 is 34.4 Å². The van der Waals surface area contributed by atoms with E-state index in [1.54, 1.807) is 12.1 Å². The Hall–Kier alpha value is -3.70. The van der Waals surface area contributed by atoms with Gasteiger partial charge in [-0.1, -0.05) is 25.6 Å². The van der Waals surface area contributed by atoms with Crippen LogP contribution < -0.4 is 15.5 Å². The van der Waals surface area contributed by atoms with Crippen molar-refractivity contribution < 1.29 is 17.6 Å². The molecule has 2 saturated heterocycles. The van der Waals surface area contributed by atoms with Gasteiger partial charge >= 0.3 is 6.18 Å². The number of alkyl halides is 4. The van der Waals surface area contributed by atoms with Gasteiger partial charge in [-0.3, -0.25) is 4.90 Å². The average Bonchev–Trinajstić information content (AvgIpc) is 3.01. The Morgan fingerprint density at radius 1 is 1.00 bits per heavy atom. The molecule has 248 valence electrons. The first-order valence-corrected chi connectivity index (χ1v) is 16.1. The summed E-state index contributed by atoms with van der Waals surface area (Å²) < 4.78 is 56.6. The molecule has 11 heteroatoms. The van der Waals surface area contributed by atoms with E-state index in [0.29, 0.717) is 29.4 Å². The molecule has 0 saturated carbocycles. The van der Waals surface area contributed by atoms with Crippen LogP contribution in [0.5, 0.6) is 0 Å². The van der Waals surface area contributed by atoms with Gasteiger partial charge in [0.15, 0.2) is 0 Å². The van der Waals surface area contributed by atoms with E-state index in [9.17, 15) is 17.6 Å². The number of hydrogen-bond acceptors (Lipinski definition) is 7. The van der Waals surface area contributed by atoms with E-state index < -0.39 is 17.9 Å². The molecule has 5 rings (SSSR count). The molecule has 1 aromatic heterocycles. The van der Waals surface area contributed by atoms with E-state index in [0.717, 1.165) is 80.7 Å².